The van der Waals surface area contributed by atoms with Crippen molar-refractivity contribution in [3.05, 3.63) is 95.1 Å². The van der Waals surface area contributed by atoms with Gasteiger partial charge in [0.05, 0.1) is 26.6 Å². The Bertz CT molecular complexity index is 1330. The third-order valence-electron chi connectivity index (χ3n) is 5.18. The summed E-state index contributed by atoms with van der Waals surface area (Å²) in [7, 11) is 0. The van der Waals surface area contributed by atoms with E-state index in [4.69, 9.17) is 21.1 Å². The molecule has 0 aromatic heterocycles. The number of nitrogens with zero attached hydrogens (tertiary/aromatic N) is 1. The van der Waals surface area contributed by atoms with Crippen molar-refractivity contribution in [2.45, 2.75) is 20.1 Å². The highest BCUT2D eigenvalue weighted by molar-refractivity contribution is 14.1. The lowest BCUT2D eigenvalue weighted by molar-refractivity contribution is -0.123. The lowest BCUT2D eigenvalue weighted by Gasteiger charge is -2.16. The van der Waals surface area contributed by atoms with Crippen molar-refractivity contribution in [1.29, 1.82) is 0 Å². The van der Waals surface area contributed by atoms with Gasteiger partial charge in [-0.1, -0.05) is 45.7 Å². The largest absolute Gasteiger partial charge is 0.490 e. The van der Waals surface area contributed by atoms with Gasteiger partial charge in [0, 0.05) is 10.0 Å². The molecule has 3 aromatic carbocycles. The van der Waals surface area contributed by atoms with E-state index in [1.807, 2.05) is 37.3 Å². The summed E-state index contributed by atoms with van der Waals surface area (Å²) < 4.78 is 27.5. The SMILES string of the molecule is CCOc1cc(/C=C2\SC(=O)N(Cc3ccc(Br)cc3)C2=O)cc(I)c1OCc1c(F)cccc1Cl. The van der Waals surface area contributed by atoms with Gasteiger partial charge in [0.1, 0.15) is 12.4 Å². The van der Waals surface area contributed by atoms with Crippen molar-refractivity contribution < 1.29 is 23.5 Å². The van der Waals surface area contributed by atoms with E-state index in [2.05, 4.69) is 38.5 Å². The van der Waals surface area contributed by atoms with Crippen molar-refractivity contribution in [3.63, 3.8) is 0 Å². The van der Waals surface area contributed by atoms with Gasteiger partial charge in [0.25, 0.3) is 11.1 Å². The first-order valence-corrected chi connectivity index (χ1v) is 13.8. The van der Waals surface area contributed by atoms with Gasteiger partial charge >= 0.3 is 0 Å². The van der Waals surface area contributed by atoms with Crippen molar-refractivity contribution in [1.82, 2.24) is 4.90 Å². The van der Waals surface area contributed by atoms with Crippen molar-refractivity contribution in [2.24, 2.45) is 0 Å². The number of hydrogen-bond acceptors (Lipinski definition) is 5. The molecule has 0 atom stereocenters. The van der Waals surface area contributed by atoms with Crippen LogP contribution >= 0.6 is 61.9 Å². The average Bonchev–Trinajstić information content (AvgIpc) is 3.09. The molecule has 2 amide bonds. The van der Waals surface area contributed by atoms with E-state index in [1.54, 1.807) is 18.2 Å². The lowest BCUT2D eigenvalue weighted by atomic mass is 10.1. The van der Waals surface area contributed by atoms with Crippen LogP contribution in [-0.2, 0) is 17.9 Å². The van der Waals surface area contributed by atoms with Crippen LogP contribution in [0.3, 0.4) is 0 Å². The Morgan fingerprint density at radius 1 is 1.14 bits per heavy atom. The topological polar surface area (TPSA) is 55.8 Å². The molecular formula is C26H19BrClFINO4S. The normalized spacial score (nSPS) is 14.6. The molecule has 0 aliphatic carbocycles. The highest BCUT2D eigenvalue weighted by Gasteiger charge is 2.35. The molecule has 0 unspecified atom stereocenters. The zero-order valence-corrected chi connectivity index (χ0v) is 24.2. The van der Waals surface area contributed by atoms with E-state index in [0.717, 1.165) is 21.8 Å². The van der Waals surface area contributed by atoms with Gasteiger partial charge in [-0.2, -0.15) is 0 Å². The Kier molecular flexibility index (Phi) is 8.97. The highest BCUT2D eigenvalue weighted by atomic mass is 127. The van der Waals surface area contributed by atoms with Crippen LogP contribution in [0.25, 0.3) is 6.08 Å². The van der Waals surface area contributed by atoms with Crippen molar-refractivity contribution in [3.8, 4) is 11.5 Å². The maximum absolute atomic E-state index is 14.2. The Hall–Kier alpha value is -2.08. The molecule has 10 heteroatoms. The van der Waals surface area contributed by atoms with Gasteiger partial charge in [0.2, 0.25) is 0 Å². The second-order valence-electron chi connectivity index (χ2n) is 7.65. The molecule has 1 aliphatic rings. The van der Waals surface area contributed by atoms with E-state index in [-0.39, 0.29) is 34.9 Å². The third-order valence-corrected chi connectivity index (χ3v) is 7.77. The fourth-order valence-electron chi connectivity index (χ4n) is 3.45. The molecule has 4 rings (SSSR count). The van der Waals surface area contributed by atoms with E-state index < -0.39 is 5.82 Å². The minimum Gasteiger partial charge on any atom is -0.490 e. The highest BCUT2D eigenvalue weighted by Crippen LogP contribution is 2.38. The van der Waals surface area contributed by atoms with E-state index in [0.29, 0.717) is 32.1 Å². The molecule has 0 saturated carbocycles. The zero-order chi connectivity index (χ0) is 25.8. The minimum absolute atomic E-state index is 0.0735. The molecule has 1 aliphatic heterocycles. The van der Waals surface area contributed by atoms with Gasteiger partial charge in [-0.05, 0) is 94.9 Å². The standard InChI is InChI=1S/C26H19BrClFINO4S/c1-2-34-22-11-16(10-21(30)24(22)35-14-18-19(28)4-3-5-20(18)29)12-23-25(32)31(26(33)36-23)13-15-6-8-17(27)9-7-15/h3-12H,2,13-14H2,1H3/b23-12-. The van der Waals surface area contributed by atoms with Gasteiger partial charge < -0.3 is 9.47 Å². The molecule has 0 bridgehead atoms. The number of carbonyl (C=O) groups excluding carboxylic acids is 2. The van der Waals surface area contributed by atoms with Crippen LogP contribution in [0.1, 0.15) is 23.6 Å². The fraction of sp³-hybridized carbons (Fsp3) is 0.154. The smallest absolute Gasteiger partial charge is 0.293 e. The molecule has 0 spiro atoms. The number of rotatable bonds is 8. The number of amides is 2. The predicted molar refractivity (Wildman–Crippen MR) is 152 cm³/mol. The molecular weight excluding hydrogens is 684 g/mol. The molecule has 1 heterocycles. The Morgan fingerprint density at radius 2 is 1.89 bits per heavy atom. The third kappa shape index (κ3) is 6.24. The summed E-state index contributed by atoms with van der Waals surface area (Å²) in [5, 5.41) is -0.0472. The molecule has 5 nitrogen and oxygen atoms in total. The minimum atomic E-state index is -0.453. The summed E-state index contributed by atoms with van der Waals surface area (Å²) in [6.45, 7) is 2.34. The van der Waals surface area contributed by atoms with Crippen LogP contribution in [0.2, 0.25) is 5.02 Å². The molecule has 1 fully saturated rings. The van der Waals surface area contributed by atoms with Gasteiger partial charge in [-0.25, -0.2) is 4.39 Å². The van der Waals surface area contributed by atoms with Gasteiger partial charge in [0.15, 0.2) is 11.5 Å². The van der Waals surface area contributed by atoms with Gasteiger partial charge in [-0.15, -0.1) is 0 Å². The first-order valence-electron chi connectivity index (χ1n) is 10.8. The first-order chi connectivity index (χ1) is 17.3. The maximum atomic E-state index is 14.2. The summed E-state index contributed by atoms with van der Waals surface area (Å²) in [4.78, 5) is 27.1. The Balaban J connectivity index is 1.57. The number of hydrogen-bond donors (Lipinski definition) is 0. The molecule has 0 N–H and O–H groups in total. The summed E-state index contributed by atoms with van der Waals surface area (Å²) >= 11 is 12.5. The number of carbonyl (C=O) groups is 2. The van der Waals surface area contributed by atoms with Crippen molar-refractivity contribution >= 4 is 79.1 Å². The van der Waals surface area contributed by atoms with E-state index >= 15 is 0 Å². The van der Waals surface area contributed by atoms with E-state index in [1.165, 1.54) is 17.0 Å². The summed E-state index contributed by atoms with van der Waals surface area (Å²) in [5.74, 6) is 0.0795. The van der Waals surface area contributed by atoms with Crippen LogP contribution in [-0.4, -0.2) is 22.7 Å². The van der Waals surface area contributed by atoms with Gasteiger partial charge in [-0.3, -0.25) is 14.5 Å². The number of halogens is 4. The van der Waals surface area contributed by atoms with Crippen LogP contribution < -0.4 is 9.47 Å². The number of benzene rings is 3. The summed E-state index contributed by atoms with van der Waals surface area (Å²) in [6, 6.07) is 15.5. The Morgan fingerprint density at radius 3 is 2.58 bits per heavy atom. The van der Waals surface area contributed by atoms with E-state index in [9.17, 15) is 14.0 Å². The Labute approximate surface area is 239 Å². The summed E-state index contributed by atoms with van der Waals surface area (Å²) in [5.41, 5.74) is 1.78. The average molecular weight is 703 g/mol. The second kappa shape index (κ2) is 12.0. The lowest BCUT2D eigenvalue weighted by Crippen LogP contribution is -2.27. The summed E-state index contributed by atoms with van der Waals surface area (Å²) in [6.07, 6.45) is 1.66. The molecule has 1 saturated heterocycles. The number of thioether (sulfide) groups is 1. The quantitative estimate of drug-likeness (QED) is 0.176. The molecule has 0 radical (unpaired) electrons. The first kappa shape index (κ1) is 27.0. The zero-order valence-electron chi connectivity index (χ0n) is 18.9. The maximum Gasteiger partial charge on any atom is 0.293 e. The van der Waals surface area contributed by atoms with Crippen LogP contribution in [0.5, 0.6) is 11.5 Å². The fourth-order valence-corrected chi connectivity index (χ4v) is 5.55. The second-order valence-corrected chi connectivity index (χ2v) is 11.1. The monoisotopic (exact) mass is 701 g/mol. The van der Waals surface area contributed by atoms with Crippen LogP contribution in [0, 0.1) is 9.39 Å². The van der Waals surface area contributed by atoms with Crippen LogP contribution in [0.15, 0.2) is 64.0 Å². The number of imide groups is 1. The molecule has 36 heavy (non-hydrogen) atoms. The van der Waals surface area contributed by atoms with Crippen molar-refractivity contribution in [2.75, 3.05) is 6.61 Å². The molecule has 186 valence electrons. The molecule has 3 aromatic rings. The predicted octanol–water partition coefficient (Wildman–Crippen LogP) is 8.06. The number of ether oxygens (including phenoxy) is 2. The van der Waals surface area contributed by atoms with Crippen LogP contribution in [0.4, 0.5) is 9.18 Å².